The molecule has 4 heteroatoms. The van der Waals surface area contributed by atoms with Gasteiger partial charge in [-0.1, -0.05) is 49.6 Å². The summed E-state index contributed by atoms with van der Waals surface area (Å²) in [7, 11) is 0. The summed E-state index contributed by atoms with van der Waals surface area (Å²) in [6.07, 6.45) is 8.03. The van der Waals surface area contributed by atoms with E-state index in [9.17, 15) is 9.59 Å². The fourth-order valence-electron chi connectivity index (χ4n) is 3.96. The highest BCUT2D eigenvalue weighted by atomic mass is 16.5. The van der Waals surface area contributed by atoms with Gasteiger partial charge in [-0.15, -0.1) is 0 Å². The van der Waals surface area contributed by atoms with Gasteiger partial charge in [0, 0.05) is 6.04 Å². The van der Waals surface area contributed by atoms with Crippen LogP contribution in [0.1, 0.15) is 57.4 Å². The molecule has 2 fully saturated rings. The van der Waals surface area contributed by atoms with Gasteiger partial charge < -0.3 is 10.1 Å². The highest BCUT2D eigenvalue weighted by molar-refractivity contribution is 5.83. The number of rotatable bonds is 7. The molecule has 1 aromatic rings. The van der Waals surface area contributed by atoms with Crippen LogP contribution in [-0.2, 0) is 20.7 Å². The van der Waals surface area contributed by atoms with Crippen LogP contribution in [0.25, 0.3) is 0 Å². The average Bonchev–Trinajstić information content (AvgIpc) is 3.46. The molecule has 0 heterocycles. The Kier molecular flexibility index (Phi) is 5.77. The Hall–Kier alpha value is -1.84. The third-order valence-corrected chi connectivity index (χ3v) is 5.68. The molecule has 2 saturated carbocycles. The van der Waals surface area contributed by atoms with Crippen molar-refractivity contribution in [2.45, 2.75) is 64.3 Å². The monoisotopic (exact) mass is 343 g/mol. The molecule has 1 aromatic carbocycles. The van der Waals surface area contributed by atoms with E-state index in [-0.39, 0.29) is 24.5 Å². The van der Waals surface area contributed by atoms with E-state index < -0.39 is 5.41 Å². The molecule has 2 aliphatic carbocycles. The minimum atomic E-state index is -0.470. The Balaban J connectivity index is 1.58. The Morgan fingerprint density at radius 1 is 1.16 bits per heavy atom. The maximum atomic E-state index is 12.9. The minimum absolute atomic E-state index is 0.160. The zero-order chi connectivity index (χ0) is 17.7. The number of carbonyl (C=O) groups is 2. The van der Waals surface area contributed by atoms with Crippen molar-refractivity contribution in [2.24, 2.45) is 11.3 Å². The first-order valence-corrected chi connectivity index (χ1v) is 9.60. The lowest BCUT2D eigenvalue weighted by Crippen LogP contribution is -2.41. The van der Waals surface area contributed by atoms with Crippen LogP contribution in [0, 0.1) is 11.3 Å². The maximum absolute atomic E-state index is 12.9. The molecule has 0 bridgehead atoms. The summed E-state index contributed by atoms with van der Waals surface area (Å²) in [5.74, 6) is 0.214. The molecule has 0 spiro atoms. The van der Waals surface area contributed by atoms with Gasteiger partial charge in [0.25, 0.3) is 5.91 Å². The number of benzene rings is 1. The summed E-state index contributed by atoms with van der Waals surface area (Å²) in [6.45, 7) is 1.86. The Morgan fingerprint density at radius 3 is 2.48 bits per heavy atom. The van der Waals surface area contributed by atoms with Crippen molar-refractivity contribution in [1.82, 2.24) is 5.32 Å². The van der Waals surface area contributed by atoms with E-state index in [1.165, 1.54) is 19.3 Å². The number of carbonyl (C=O) groups excluding carboxylic acids is 2. The Morgan fingerprint density at radius 2 is 1.84 bits per heavy atom. The highest BCUT2D eigenvalue weighted by Gasteiger charge is 2.41. The van der Waals surface area contributed by atoms with E-state index in [2.05, 4.69) is 17.4 Å². The third-order valence-electron chi connectivity index (χ3n) is 5.68. The number of hydrogen-bond acceptors (Lipinski definition) is 3. The molecule has 2 aliphatic rings. The summed E-state index contributed by atoms with van der Waals surface area (Å²) in [4.78, 5) is 24.9. The molecular weight excluding hydrogens is 314 g/mol. The van der Waals surface area contributed by atoms with E-state index >= 15 is 0 Å². The second-order valence-electron chi connectivity index (χ2n) is 7.77. The molecule has 0 aliphatic heterocycles. The van der Waals surface area contributed by atoms with Crippen molar-refractivity contribution in [3.63, 3.8) is 0 Å². The van der Waals surface area contributed by atoms with Crippen LogP contribution in [0.5, 0.6) is 0 Å². The molecule has 1 atom stereocenters. The van der Waals surface area contributed by atoms with Gasteiger partial charge >= 0.3 is 5.97 Å². The summed E-state index contributed by atoms with van der Waals surface area (Å²) in [5, 5.41) is 2.95. The lowest BCUT2D eigenvalue weighted by atomic mass is 9.70. The first kappa shape index (κ1) is 18.0. The van der Waals surface area contributed by atoms with Crippen molar-refractivity contribution >= 4 is 11.9 Å². The standard InChI is InChI=1S/C21H29NO3/c1-16(18-10-11-18)22-19(23)15-25-20(24)21(12-6-3-7-13-21)14-17-8-4-2-5-9-17/h2,4-5,8-9,16,18H,3,6-7,10-15H2,1H3,(H,22,23). The first-order chi connectivity index (χ1) is 12.1. The lowest BCUT2D eigenvalue weighted by molar-refractivity contribution is -0.161. The van der Waals surface area contributed by atoms with Crippen molar-refractivity contribution in [2.75, 3.05) is 6.61 Å². The quantitative estimate of drug-likeness (QED) is 0.769. The van der Waals surface area contributed by atoms with Crippen LogP contribution in [0.3, 0.4) is 0 Å². The van der Waals surface area contributed by atoms with E-state index in [1.807, 2.05) is 25.1 Å². The first-order valence-electron chi connectivity index (χ1n) is 9.60. The molecule has 0 saturated heterocycles. The fourth-order valence-corrected chi connectivity index (χ4v) is 3.96. The van der Waals surface area contributed by atoms with Crippen LogP contribution < -0.4 is 5.32 Å². The predicted octanol–water partition coefficient (Wildman–Crippen LogP) is 3.64. The zero-order valence-electron chi connectivity index (χ0n) is 15.1. The predicted molar refractivity (Wildman–Crippen MR) is 97.0 cm³/mol. The molecule has 0 aromatic heterocycles. The molecule has 1 amide bonds. The molecule has 3 rings (SSSR count). The van der Waals surface area contributed by atoms with Crippen LogP contribution in [0.4, 0.5) is 0 Å². The van der Waals surface area contributed by atoms with Gasteiger partial charge in [0.1, 0.15) is 0 Å². The second kappa shape index (κ2) is 8.03. The molecule has 0 radical (unpaired) electrons. The molecule has 1 unspecified atom stereocenters. The topological polar surface area (TPSA) is 55.4 Å². The number of esters is 1. The van der Waals surface area contributed by atoms with Crippen molar-refractivity contribution in [3.05, 3.63) is 35.9 Å². The summed E-state index contributed by atoms with van der Waals surface area (Å²) in [5.41, 5.74) is 0.690. The van der Waals surface area contributed by atoms with Gasteiger partial charge in [-0.3, -0.25) is 9.59 Å². The van der Waals surface area contributed by atoms with Crippen LogP contribution in [0.15, 0.2) is 30.3 Å². The van der Waals surface area contributed by atoms with Crippen molar-refractivity contribution < 1.29 is 14.3 Å². The van der Waals surface area contributed by atoms with Crippen molar-refractivity contribution in [3.8, 4) is 0 Å². The van der Waals surface area contributed by atoms with Crippen molar-refractivity contribution in [1.29, 1.82) is 0 Å². The number of amides is 1. The van der Waals surface area contributed by atoms with E-state index in [4.69, 9.17) is 4.74 Å². The van der Waals surface area contributed by atoms with Gasteiger partial charge in [0.2, 0.25) is 0 Å². The molecular formula is C21H29NO3. The second-order valence-corrected chi connectivity index (χ2v) is 7.77. The molecule has 1 N–H and O–H groups in total. The summed E-state index contributed by atoms with van der Waals surface area (Å²) < 4.78 is 5.47. The van der Waals surface area contributed by atoms with Gasteiger partial charge in [-0.05, 0) is 50.5 Å². The number of hydrogen-bond donors (Lipinski definition) is 1. The SMILES string of the molecule is CC(NC(=O)COC(=O)C1(Cc2ccccc2)CCCCC1)C1CC1. The van der Waals surface area contributed by atoms with Gasteiger partial charge in [-0.25, -0.2) is 0 Å². The number of ether oxygens (including phenoxy) is 1. The van der Waals surface area contributed by atoms with Crippen LogP contribution >= 0.6 is 0 Å². The summed E-state index contributed by atoms with van der Waals surface area (Å²) >= 11 is 0. The lowest BCUT2D eigenvalue weighted by Gasteiger charge is -2.35. The normalized spacial score (nSPS) is 20.5. The largest absolute Gasteiger partial charge is 0.455 e. The fraction of sp³-hybridized carbons (Fsp3) is 0.619. The maximum Gasteiger partial charge on any atom is 0.312 e. The minimum Gasteiger partial charge on any atom is -0.455 e. The van der Waals surface area contributed by atoms with Gasteiger partial charge in [-0.2, -0.15) is 0 Å². The molecule has 25 heavy (non-hydrogen) atoms. The van der Waals surface area contributed by atoms with E-state index in [1.54, 1.807) is 0 Å². The smallest absolute Gasteiger partial charge is 0.312 e. The zero-order valence-corrected chi connectivity index (χ0v) is 15.1. The summed E-state index contributed by atoms with van der Waals surface area (Å²) in [6, 6.07) is 10.3. The number of nitrogens with one attached hydrogen (secondary N) is 1. The Bertz CT molecular complexity index is 588. The highest BCUT2D eigenvalue weighted by Crippen LogP contribution is 2.40. The van der Waals surface area contributed by atoms with E-state index in [0.29, 0.717) is 12.3 Å². The van der Waals surface area contributed by atoms with E-state index in [0.717, 1.165) is 31.2 Å². The van der Waals surface area contributed by atoms with Crippen LogP contribution in [-0.4, -0.2) is 24.5 Å². The third kappa shape index (κ3) is 4.83. The molecule has 136 valence electrons. The van der Waals surface area contributed by atoms with Gasteiger partial charge in [0.15, 0.2) is 6.61 Å². The van der Waals surface area contributed by atoms with Gasteiger partial charge in [0.05, 0.1) is 5.41 Å². The van der Waals surface area contributed by atoms with Crippen LogP contribution in [0.2, 0.25) is 0 Å². The molecule has 4 nitrogen and oxygen atoms in total. The average molecular weight is 343 g/mol. The Labute approximate surface area is 150 Å².